The molecule has 1 aromatic heterocycles. The van der Waals surface area contributed by atoms with Crippen LogP contribution in [0.3, 0.4) is 0 Å². The van der Waals surface area contributed by atoms with E-state index in [0.717, 1.165) is 18.4 Å². The van der Waals surface area contributed by atoms with Gasteiger partial charge in [-0.05, 0) is 6.42 Å². The second-order valence-corrected chi connectivity index (χ2v) is 4.71. The van der Waals surface area contributed by atoms with Gasteiger partial charge in [-0.25, -0.2) is 4.79 Å². The Balaban J connectivity index is 2.30. The van der Waals surface area contributed by atoms with Crippen LogP contribution in [0.2, 0.25) is 0 Å². The Labute approximate surface area is 110 Å². The molecule has 1 aromatic rings. The normalized spacial score (nSPS) is 26.8. The van der Waals surface area contributed by atoms with Crippen LogP contribution in [-0.4, -0.2) is 38.6 Å². The van der Waals surface area contributed by atoms with Crippen molar-refractivity contribution in [1.82, 2.24) is 9.55 Å². The number of aliphatic hydroxyl groups is 2. The van der Waals surface area contributed by atoms with Crippen LogP contribution in [0.1, 0.15) is 31.6 Å². The largest absolute Gasteiger partial charge is 0.394 e. The van der Waals surface area contributed by atoms with Gasteiger partial charge in [-0.15, -0.1) is 0 Å². The minimum absolute atomic E-state index is 0.236. The molecule has 2 rings (SSSR count). The molecule has 0 spiro atoms. The fourth-order valence-electron chi connectivity index (χ4n) is 2.24. The number of aliphatic hydroxyl groups excluding tert-OH is 2. The van der Waals surface area contributed by atoms with E-state index in [9.17, 15) is 9.90 Å². The third-order valence-corrected chi connectivity index (χ3v) is 3.27. The van der Waals surface area contributed by atoms with E-state index in [1.807, 2.05) is 6.92 Å². The maximum Gasteiger partial charge on any atom is 0.351 e. The van der Waals surface area contributed by atoms with Crippen molar-refractivity contribution in [3.63, 3.8) is 0 Å². The van der Waals surface area contributed by atoms with E-state index in [0.29, 0.717) is 0 Å². The molecule has 7 heteroatoms. The summed E-state index contributed by atoms with van der Waals surface area (Å²) < 4.78 is 6.78. The predicted molar refractivity (Wildman–Crippen MR) is 68.5 cm³/mol. The van der Waals surface area contributed by atoms with Gasteiger partial charge in [0.25, 0.3) is 0 Å². The van der Waals surface area contributed by atoms with Gasteiger partial charge >= 0.3 is 5.69 Å². The molecule has 2 heterocycles. The summed E-state index contributed by atoms with van der Waals surface area (Å²) >= 11 is 0. The van der Waals surface area contributed by atoms with Crippen molar-refractivity contribution in [3.05, 3.63) is 22.2 Å². The molecule has 0 aromatic carbocycles. The van der Waals surface area contributed by atoms with Crippen molar-refractivity contribution in [2.45, 2.75) is 44.6 Å². The van der Waals surface area contributed by atoms with Crippen molar-refractivity contribution in [1.29, 1.82) is 0 Å². The first-order valence-corrected chi connectivity index (χ1v) is 6.38. The number of ether oxygens (including phenoxy) is 1. The third-order valence-electron chi connectivity index (χ3n) is 3.27. The van der Waals surface area contributed by atoms with Crippen molar-refractivity contribution in [2.75, 3.05) is 12.3 Å². The second-order valence-electron chi connectivity index (χ2n) is 4.71. The lowest BCUT2D eigenvalue weighted by molar-refractivity contribution is -0.0459. The Morgan fingerprint density at radius 1 is 1.63 bits per heavy atom. The molecule has 0 aliphatic carbocycles. The zero-order valence-corrected chi connectivity index (χ0v) is 10.8. The Kier molecular flexibility index (Phi) is 4.18. The summed E-state index contributed by atoms with van der Waals surface area (Å²) in [5.74, 6) is 0.236. The molecule has 0 saturated carbocycles. The lowest BCUT2D eigenvalue weighted by Gasteiger charge is -2.16. The SMILES string of the molecule is CCCc1cn([C@@H]2C[C@@H](O)[C@H](CO)O2)c(=O)nc1N. The van der Waals surface area contributed by atoms with E-state index < -0.39 is 24.1 Å². The summed E-state index contributed by atoms with van der Waals surface area (Å²) in [6, 6.07) is 0. The minimum atomic E-state index is -0.783. The van der Waals surface area contributed by atoms with Gasteiger partial charge in [0.15, 0.2) is 0 Å². The van der Waals surface area contributed by atoms with Crippen LogP contribution in [0.15, 0.2) is 11.0 Å². The van der Waals surface area contributed by atoms with Gasteiger partial charge < -0.3 is 20.7 Å². The number of anilines is 1. The molecule has 1 aliphatic heterocycles. The standard InChI is InChI=1S/C12H19N3O4/c1-2-3-7-5-15(12(18)14-11(7)13)10-4-8(17)9(6-16)19-10/h5,8-10,16-17H,2-4,6H2,1H3,(H2,13,14,18)/t8-,9+,10+/m1/s1. The van der Waals surface area contributed by atoms with Crippen LogP contribution in [0.5, 0.6) is 0 Å². The lowest BCUT2D eigenvalue weighted by atomic mass is 10.1. The number of nitrogens with zero attached hydrogens (tertiary/aromatic N) is 2. The zero-order valence-electron chi connectivity index (χ0n) is 10.8. The molecule has 3 atom stereocenters. The molecule has 0 bridgehead atoms. The van der Waals surface area contributed by atoms with E-state index in [-0.39, 0.29) is 18.8 Å². The highest BCUT2D eigenvalue weighted by Crippen LogP contribution is 2.27. The van der Waals surface area contributed by atoms with E-state index in [2.05, 4.69) is 4.98 Å². The number of rotatable bonds is 4. The van der Waals surface area contributed by atoms with Crippen LogP contribution in [0, 0.1) is 0 Å². The van der Waals surface area contributed by atoms with Gasteiger partial charge in [0, 0.05) is 18.2 Å². The van der Waals surface area contributed by atoms with Crippen LogP contribution in [0.25, 0.3) is 0 Å². The van der Waals surface area contributed by atoms with E-state index in [1.165, 1.54) is 4.57 Å². The van der Waals surface area contributed by atoms with Gasteiger partial charge in [0.05, 0.1) is 12.7 Å². The van der Waals surface area contributed by atoms with Gasteiger partial charge in [0.1, 0.15) is 18.1 Å². The fraction of sp³-hybridized carbons (Fsp3) is 0.667. The first-order chi connectivity index (χ1) is 9.06. The summed E-state index contributed by atoms with van der Waals surface area (Å²) in [7, 11) is 0. The quantitative estimate of drug-likeness (QED) is 0.674. The smallest absolute Gasteiger partial charge is 0.351 e. The highest BCUT2D eigenvalue weighted by Gasteiger charge is 2.35. The van der Waals surface area contributed by atoms with E-state index in [4.69, 9.17) is 15.6 Å². The Morgan fingerprint density at radius 2 is 2.37 bits per heavy atom. The van der Waals surface area contributed by atoms with E-state index in [1.54, 1.807) is 6.20 Å². The summed E-state index contributed by atoms with van der Waals surface area (Å²) in [4.78, 5) is 15.6. The molecular formula is C12H19N3O4. The van der Waals surface area contributed by atoms with Crippen LogP contribution >= 0.6 is 0 Å². The van der Waals surface area contributed by atoms with Crippen molar-refractivity contribution < 1.29 is 14.9 Å². The Bertz CT molecular complexity index is 502. The van der Waals surface area contributed by atoms with Crippen LogP contribution in [0.4, 0.5) is 5.82 Å². The number of aryl methyl sites for hydroxylation is 1. The Morgan fingerprint density at radius 3 is 2.95 bits per heavy atom. The summed E-state index contributed by atoms with van der Waals surface area (Å²) in [5.41, 5.74) is 5.98. The third kappa shape index (κ3) is 2.78. The molecule has 0 amide bonds. The summed E-state index contributed by atoms with van der Waals surface area (Å²) in [6.45, 7) is 1.73. The first-order valence-electron chi connectivity index (χ1n) is 6.38. The van der Waals surface area contributed by atoms with Crippen LogP contribution in [-0.2, 0) is 11.2 Å². The average Bonchev–Trinajstić information content (AvgIpc) is 2.74. The molecule has 7 nitrogen and oxygen atoms in total. The Hall–Kier alpha value is -1.44. The molecule has 1 fully saturated rings. The topological polar surface area (TPSA) is 111 Å². The number of nitrogen functional groups attached to an aromatic ring is 1. The fourth-order valence-corrected chi connectivity index (χ4v) is 2.24. The number of hydrogen-bond donors (Lipinski definition) is 3. The maximum atomic E-state index is 11.8. The maximum absolute atomic E-state index is 11.8. The number of nitrogens with two attached hydrogens (primary N) is 1. The monoisotopic (exact) mass is 269 g/mol. The van der Waals surface area contributed by atoms with Gasteiger partial charge in [-0.1, -0.05) is 13.3 Å². The van der Waals surface area contributed by atoms with Crippen molar-refractivity contribution in [2.24, 2.45) is 0 Å². The molecule has 106 valence electrons. The van der Waals surface area contributed by atoms with Crippen molar-refractivity contribution >= 4 is 5.82 Å². The summed E-state index contributed by atoms with van der Waals surface area (Å²) in [5, 5.41) is 18.7. The lowest BCUT2D eigenvalue weighted by Crippen LogP contribution is -2.29. The minimum Gasteiger partial charge on any atom is -0.394 e. The van der Waals surface area contributed by atoms with Crippen molar-refractivity contribution in [3.8, 4) is 0 Å². The molecule has 0 radical (unpaired) electrons. The average molecular weight is 269 g/mol. The highest BCUT2D eigenvalue weighted by atomic mass is 16.5. The zero-order chi connectivity index (χ0) is 14.0. The second kappa shape index (κ2) is 5.68. The molecule has 1 aliphatic rings. The molecule has 19 heavy (non-hydrogen) atoms. The van der Waals surface area contributed by atoms with Gasteiger partial charge in [-0.2, -0.15) is 4.98 Å². The van der Waals surface area contributed by atoms with E-state index >= 15 is 0 Å². The highest BCUT2D eigenvalue weighted by molar-refractivity contribution is 5.36. The number of hydrogen-bond acceptors (Lipinski definition) is 6. The van der Waals surface area contributed by atoms with Gasteiger partial charge in [0.2, 0.25) is 0 Å². The molecule has 0 unspecified atom stereocenters. The van der Waals surface area contributed by atoms with Gasteiger partial charge in [-0.3, -0.25) is 4.57 Å². The predicted octanol–water partition coefficient (Wildman–Crippen LogP) is -0.581. The first kappa shape index (κ1) is 14.0. The van der Waals surface area contributed by atoms with Crippen LogP contribution < -0.4 is 11.4 Å². The summed E-state index contributed by atoms with van der Waals surface area (Å²) in [6.07, 6.45) is 1.43. The molecular weight excluding hydrogens is 250 g/mol. The number of aromatic nitrogens is 2. The molecule has 1 saturated heterocycles. The molecule has 4 N–H and O–H groups in total.